The Morgan fingerprint density at radius 2 is 0.727 bits per heavy atom. The second-order valence-electron chi connectivity index (χ2n) is 13.8. The van der Waals surface area contributed by atoms with Crippen molar-refractivity contribution in [1.82, 2.24) is 0 Å². The van der Waals surface area contributed by atoms with Crippen molar-refractivity contribution in [3.63, 3.8) is 0 Å². The Labute approximate surface area is 320 Å². The van der Waals surface area contributed by atoms with E-state index in [0.29, 0.717) is 0 Å². The lowest BCUT2D eigenvalue weighted by Gasteiger charge is -2.29. The Hall–Kier alpha value is -7.36. The molecule has 0 aliphatic carbocycles. The molecular formula is C52H36N2O. The maximum absolute atomic E-state index is 7.01. The highest BCUT2D eigenvalue weighted by Crippen LogP contribution is 2.48. The molecule has 1 heterocycles. The smallest absolute Gasteiger partial charge is 0.159 e. The Balaban J connectivity index is 1.17. The van der Waals surface area contributed by atoms with Crippen molar-refractivity contribution in [2.24, 2.45) is 0 Å². The lowest BCUT2D eigenvalue weighted by atomic mass is 10.00. The molecule has 1 aromatic heterocycles. The topological polar surface area (TPSA) is 19.6 Å². The molecule has 0 saturated carbocycles. The SMILES string of the molecule is c1ccc(-c2ccc(-c3ccc(N(c4ccccc4)c4cc(N(c5ccccc5)c5ccccc5)c5oc6c7ccccc7ccc6c5c4)cc3)cc2)cc1. The van der Waals surface area contributed by atoms with Gasteiger partial charge in [-0.25, -0.2) is 0 Å². The molecular weight excluding hydrogens is 669 g/mol. The minimum atomic E-state index is 0.838. The summed E-state index contributed by atoms with van der Waals surface area (Å²) in [6.45, 7) is 0. The highest BCUT2D eigenvalue weighted by atomic mass is 16.3. The van der Waals surface area contributed by atoms with Crippen molar-refractivity contribution >= 4 is 66.8 Å². The average molecular weight is 705 g/mol. The predicted molar refractivity (Wildman–Crippen MR) is 231 cm³/mol. The van der Waals surface area contributed by atoms with Gasteiger partial charge in [0.15, 0.2) is 5.58 Å². The first-order valence-electron chi connectivity index (χ1n) is 18.7. The molecule has 0 spiro atoms. The monoisotopic (exact) mass is 704 g/mol. The standard InChI is InChI=1S/C52H36N2O/c1-5-15-37(16-6-1)38-25-27-39(28-26-38)40-29-32-45(33-30-40)53(42-18-7-2-8-19-42)46-35-49-48-34-31-41-17-13-14-24-47(41)51(48)55-52(49)50(36-46)54(43-20-9-3-10-21-43)44-22-11-4-12-23-44/h1-36H. The van der Waals surface area contributed by atoms with Crippen LogP contribution in [0.2, 0.25) is 0 Å². The van der Waals surface area contributed by atoms with Crippen molar-refractivity contribution in [2.45, 2.75) is 0 Å². The molecule has 0 unspecified atom stereocenters. The Bertz CT molecular complexity index is 2850. The van der Waals surface area contributed by atoms with Crippen molar-refractivity contribution in [3.8, 4) is 22.3 Å². The fraction of sp³-hybridized carbons (Fsp3) is 0. The van der Waals surface area contributed by atoms with Gasteiger partial charge in [-0.1, -0.05) is 152 Å². The first-order chi connectivity index (χ1) is 27.3. The van der Waals surface area contributed by atoms with Gasteiger partial charge in [0.2, 0.25) is 0 Å². The lowest BCUT2D eigenvalue weighted by molar-refractivity contribution is 0.673. The molecule has 3 heteroatoms. The second-order valence-corrected chi connectivity index (χ2v) is 13.8. The van der Waals surface area contributed by atoms with E-state index in [1.165, 1.54) is 22.3 Å². The number of rotatable bonds is 8. The molecule has 0 radical (unpaired) electrons. The van der Waals surface area contributed by atoms with E-state index in [-0.39, 0.29) is 0 Å². The number of para-hydroxylation sites is 3. The average Bonchev–Trinajstić information content (AvgIpc) is 3.65. The van der Waals surface area contributed by atoms with Gasteiger partial charge < -0.3 is 14.2 Å². The molecule has 3 nitrogen and oxygen atoms in total. The molecule has 0 bridgehead atoms. The second kappa shape index (κ2) is 13.9. The molecule has 0 N–H and O–H groups in total. The van der Waals surface area contributed by atoms with Crippen LogP contribution in [0.25, 0.3) is 55.0 Å². The Morgan fingerprint density at radius 3 is 1.31 bits per heavy atom. The van der Waals surface area contributed by atoms with Crippen LogP contribution in [0.5, 0.6) is 0 Å². The normalized spacial score (nSPS) is 11.3. The molecule has 0 saturated heterocycles. The molecule has 0 aliphatic heterocycles. The van der Waals surface area contributed by atoms with Gasteiger partial charge in [-0.15, -0.1) is 0 Å². The zero-order valence-corrected chi connectivity index (χ0v) is 30.1. The number of anilines is 6. The van der Waals surface area contributed by atoms with Crippen LogP contribution in [0.3, 0.4) is 0 Å². The molecule has 0 amide bonds. The minimum Gasteiger partial charge on any atom is -0.453 e. The van der Waals surface area contributed by atoms with E-state index in [2.05, 4.69) is 228 Å². The van der Waals surface area contributed by atoms with E-state index in [1.807, 2.05) is 0 Å². The summed E-state index contributed by atoms with van der Waals surface area (Å²) in [5.41, 5.74) is 12.7. The van der Waals surface area contributed by atoms with Gasteiger partial charge in [-0.05, 0) is 94.4 Å². The first kappa shape index (κ1) is 32.3. The van der Waals surface area contributed by atoms with E-state index in [0.717, 1.165) is 66.8 Å². The third kappa shape index (κ3) is 5.98. The van der Waals surface area contributed by atoms with Gasteiger partial charge in [0.25, 0.3) is 0 Å². The molecule has 0 aliphatic rings. The third-order valence-corrected chi connectivity index (χ3v) is 10.4. The van der Waals surface area contributed by atoms with Gasteiger partial charge in [0.1, 0.15) is 5.58 Å². The van der Waals surface area contributed by atoms with Gasteiger partial charge in [0.05, 0.1) is 5.69 Å². The molecule has 10 rings (SSSR count). The maximum atomic E-state index is 7.01. The molecule has 9 aromatic carbocycles. The van der Waals surface area contributed by atoms with E-state index in [4.69, 9.17) is 4.42 Å². The van der Waals surface area contributed by atoms with Crippen LogP contribution in [0.1, 0.15) is 0 Å². The van der Waals surface area contributed by atoms with Crippen LogP contribution in [-0.4, -0.2) is 0 Å². The summed E-state index contributed by atoms with van der Waals surface area (Å²) in [6.07, 6.45) is 0. The van der Waals surface area contributed by atoms with Crippen LogP contribution < -0.4 is 9.80 Å². The summed E-state index contributed by atoms with van der Waals surface area (Å²) >= 11 is 0. The fourth-order valence-corrected chi connectivity index (χ4v) is 7.76. The summed E-state index contributed by atoms with van der Waals surface area (Å²) in [4.78, 5) is 4.65. The number of hydrogen-bond acceptors (Lipinski definition) is 3. The molecule has 10 aromatic rings. The number of fused-ring (bicyclic) bond motifs is 5. The number of nitrogens with zero attached hydrogens (tertiary/aromatic N) is 2. The largest absolute Gasteiger partial charge is 0.453 e. The van der Waals surface area contributed by atoms with Crippen LogP contribution in [-0.2, 0) is 0 Å². The summed E-state index contributed by atoms with van der Waals surface area (Å²) in [5, 5.41) is 4.39. The zero-order valence-electron chi connectivity index (χ0n) is 30.1. The molecule has 0 atom stereocenters. The van der Waals surface area contributed by atoms with Crippen molar-refractivity contribution in [2.75, 3.05) is 9.80 Å². The lowest BCUT2D eigenvalue weighted by Crippen LogP contribution is -2.13. The van der Waals surface area contributed by atoms with Crippen LogP contribution in [0, 0.1) is 0 Å². The van der Waals surface area contributed by atoms with Crippen molar-refractivity contribution in [3.05, 3.63) is 218 Å². The maximum Gasteiger partial charge on any atom is 0.159 e. The van der Waals surface area contributed by atoms with Crippen molar-refractivity contribution < 1.29 is 4.42 Å². The fourth-order valence-electron chi connectivity index (χ4n) is 7.76. The molecule has 260 valence electrons. The Morgan fingerprint density at radius 1 is 0.273 bits per heavy atom. The summed E-state index contributed by atoms with van der Waals surface area (Å²) in [7, 11) is 0. The zero-order chi connectivity index (χ0) is 36.6. The van der Waals surface area contributed by atoms with E-state index in [1.54, 1.807) is 0 Å². The van der Waals surface area contributed by atoms with Gasteiger partial charge >= 0.3 is 0 Å². The number of benzene rings is 9. The van der Waals surface area contributed by atoms with Crippen LogP contribution in [0.4, 0.5) is 34.1 Å². The molecule has 55 heavy (non-hydrogen) atoms. The molecule has 0 fully saturated rings. The van der Waals surface area contributed by atoms with Crippen LogP contribution >= 0.6 is 0 Å². The van der Waals surface area contributed by atoms with E-state index in [9.17, 15) is 0 Å². The van der Waals surface area contributed by atoms with Crippen molar-refractivity contribution in [1.29, 1.82) is 0 Å². The minimum absolute atomic E-state index is 0.838. The van der Waals surface area contributed by atoms with E-state index < -0.39 is 0 Å². The third-order valence-electron chi connectivity index (χ3n) is 10.4. The summed E-state index contributed by atoms with van der Waals surface area (Å²) in [6, 6.07) is 77.4. The Kier molecular flexibility index (Phi) is 8.16. The van der Waals surface area contributed by atoms with Gasteiger partial charge in [0, 0.05) is 44.6 Å². The van der Waals surface area contributed by atoms with Gasteiger partial charge in [-0.2, -0.15) is 0 Å². The predicted octanol–water partition coefficient (Wildman–Crippen LogP) is 15.0. The summed E-state index contributed by atoms with van der Waals surface area (Å²) < 4.78 is 7.01. The number of hydrogen-bond donors (Lipinski definition) is 0. The number of furan rings is 1. The summed E-state index contributed by atoms with van der Waals surface area (Å²) in [5.74, 6) is 0. The van der Waals surface area contributed by atoms with Gasteiger partial charge in [-0.3, -0.25) is 0 Å². The highest BCUT2D eigenvalue weighted by Gasteiger charge is 2.24. The quantitative estimate of drug-likeness (QED) is 0.157. The van der Waals surface area contributed by atoms with E-state index >= 15 is 0 Å². The first-order valence-corrected chi connectivity index (χ1v) is 18.7. The van der Waals surface area contributed by atoms with Crippen LogP contribution in [0.15, 0.2) is 223 Å². The highest BCUT2D eigenvalue weighted by molar-refractivity contribution is 6.18.